The Bertz CT molecular complexity index is 1380. The number of imide groups is 1. The highest BCUT2D eigenvalue weighted by Crippen LogP contribution is 2.38. The minimum Gasteiger partial charge on any atom is -0.326 e. The van der Waals surface area contributed by atoms with E-state index >= 15 is 0 Å². The van der Waals surface area contributed by atoms with E-state index in [0.717, 1.165) is 22.7 Å². The van der Waals surface area contributed by atoms with Crippen LogP contribution in [-0.2, 0) is 23.7 Å². The van der Waals surface area contributed by atoms with Gasteiger partial charge in [0.1, 0.15) is 0 Å². The van der Waals surface area contributed by atoms with Crippen LogP contribution < -0.4 is 5.73 Å². The first kappa shape index (κ1) is 25.8. The Kier molecular flexibility index (Phi) is 6.64. The molecule has 1 atom stereocenters. The van der Waals surface area contributed by atoms with Crippen molar-refractivity contribution in [1.29, 1.82) is 0 Å². The molecule has 1 saturated heterocycles. The van der Waals surface area contributed by atoms with Gasteiger partial charge in [-0.25, -0.2) is 0 Å². The van der Waals surface area contributed by atoms with Crippen molar-refractivity contribution in [3.05, 3.63) is 69.8 Å². The Hall–Kier alpha value is -3.32. The zero-order valence-electron chi connectivity index (χ0n) is 18.5. The molecule has 0 unspecified atom stereocenters. The number of fused-ring (bicyclic) bond motifs is 1. The summed E-state index contributed by atoms with van der Waals surface area (Å²) in [7, 11) is 0. The first-order valence-electron chi connectivity index (χ1n) is 10.5. The fraction of sp³-hybridized carbons (Fsp3) is 0.261. The lowest BCUT2D eigenvalue weighted by Gasteiger charge is -2.16. The van der Waals surface area contributed by atoms with E-state index in [2.05, 4.69) is 5.10 Å². The third-order valence-electron chi connectivity index (χ3n) is 5.37. The lowest BCUT2D eigenvalue weighted by atomic mass is 10.0. The average molecular weight is 528 g/mol. The number of benzene rings is 2. The van der Waals surface area contributed by atoms with Gasteiger partial charge in [-0.05, 0) is 60.2 Å². The van der Waals surface area contributed by atoms with E-state index in [1.54, 1.807) is 25.1 Å². The van der Waals surface area contributed by atoms with E-state index in [1.165, 1.54) is 17.0 Å². The molecule has 4 rings (SSSR count). The molecule has 2 amide bonds. The molecule has 1 fully saturated rings. The number of alkyl halides is 6. The molecule has 1 aliphatic heterocycles. The quantitative estimate of drug-likeness (QED) is 0.349. The van der Waals surface area contributed by atoms with Crippen molar-refractivity contribution >= 4 is 39.9 Å². The number of hydrogen-bond acceptors (Lipinski definition) is 5. The van der Waals surface area contributed by atoms with Crippen LogP contribution in [0.5, 0.6) is 0 Å². The number of aromatic nitrogens is 2. The average Bonchev–Trinajstić information content (AvgIpc) is 3.27. The summed E-state index contributed by atoms with van der Waals surface area (Å²) in [4.78, 5) is 25.9. The monoisotopic (exact) mass is 528 g/mol. The van der Waals surface area contributed by atoms with Crippen LogP contribution in [0.3, 0.4) is 0 Å². The van der Waals surface area contributed by atoms with Crippen molar-refractivity contribution in [2.75, 3.05) is 6.54 Å². The smallest absolute Gasteiger partial charge is 0.326 e. The molecule has 36 heavy (non-hydrogen) atoms. The van der Waals surface area contributed by atoms with Crippen LogP contribution in [0.4, 0.5) is 31.1 Å². The number of halogens is 6. The highest BCUT2D eigenvalue weighted by molar-refractivity contribution is 8.18. The second-order valence-electron chi connectivity index (χ2n) is 8.26. The van der Waals surface area contributed by atoms with Gasteiger partial charge in [-0.3, -0.25) is 19.2 Å². The molecule has 1 aliphatic rings. The van der Waals surface area contributed by atoms with Crippen molar-refractivity contribution in [2.24, 2.45) is 5.73 Å². The van der Waals surface area contributed by atoms with Crippen molar-refractivity contribution in [3.63, 3.8) is 0 Å². The SMILES string of the molecule is C[C@H](N)CN1C(=O)S/C(=C\c2ccc3c(cnn3Cc3ccc(C(F)(F)F)cc3C(F)(F)F)c2)C1=O. The fourth-order valence-corrected chi connectivity index (χ4v) is 4.58. The standard InChI is InChI=1S/C23H18F6N4O2S/c1-12(30)10-32-20(34)19(36-21(32)35)7-13-2-5-18-15(6-13)9-31-33(18)11-14-3-4-16(22(24,25)26)8-17(14)23(27,28)29/h2-9,12H,10-11,30H2,1H3/b19-7-/t12-/m0/s1. The Labute approximate surface area is 204 Å². The molecular weight excluding hydrogens is 510 g/mol. The summed E-state index contributed by atoms with van der Waals surface area (Å²) in [5.74, 6) is -0.472. The van der Waals surface area contributed by atoms with Gasteiger partial charge in [-0.15, -0.1) is 0 Å². The summed E-state index contributed by atoms with van der Waals surface area (Å²) in [5.41, 5.74) is 3.52. The normalized spacial score (nSPS) is 17.0. The zero-order valence-corrected chi connectivity index (χ0v) is 19.3. The molecule has 190 valence electrons. The Morgan fingerprint density at radius 2 is 1.78 bits per heavy atom. The summed E-state index contributed by atoms with van der Waals surface area (Å²) < 4.78 is 80.5. The predicted octanol–water partition coefficient (Wildman–Crippen LogP) is 5.51. The summed E-state index contributed by atoms with van der Waals surface area (Å²) in [6, 6.07) is 5.91. The van der Waals surface area contributed by atoms with Crippen molar-refractivity contribution in [3.8, 4) is 0 Å². The topological polar surface area (TPSA) is 81.2 Å². The summed E-state index contributed by atoms with van der Waals surface area (Å²) in [6.07, 6.45) is -6.99. The summed E-state index contributed by atoms with van der Waals surface area (Å²) >= 11 is 0.773. The number of hydrogen-bond donors (Lipinski definition) is 1. The van der Waals surface area contributed by atoms with Crippen LogP contribution in [0.25, 0.3) is 17.0 Å². The Balaban J connectivity index is 1.63. The molecule has 13 heteroatoms. The van der Waals surface area contributed by atoms with E-state index in [9.17, 15) is 35.9 Å². The maximum Gasteiger partial charge on any atom is 0.416 e. The van der Waals surface area contributed by atoms with Crippen LogP contribution >= 0.6 is 11.8 Å². The van der Waals surface area contributed by atoms with E-state index in [0.29, 0.717) is 22.5 Å². The number of carbonyl (C=O) groups is 2. The summed E-state index contributed by atoms with van der Waals surface area (Å²) in [6.45, 7) is 1.34. The molecule has 0 aliphatic carbocycles. The maximum atomic E-state index is 13.5. The fourth-order valence-electron chi connectivity index (χ4n) is 3.73. The molecule has 2 aromatic carbocycles. The van der Waals surface area contributed by atoms with Crippen LogP contribution in [-0.4, -0.2) is 38.4 Å². The van der Waals surface area contributed by atoms with E-state index in [-0.39, 0.29) is 29.1 Å². The first-order valence-corrected chi connectivity index (χ1v) is 11.3. The Morgan fingerprint density at radius 3 is 2.42 bits per heavy atom. The van der Waals surface area contributed by atoms with E-state index < -0.39 is 41.2 Å². The van der Waals surface area contributed by atoms with Gasteiger partial charge in [0.25, 0.3) is 11.1 Å². The van der Waals surface area contributed by atoms with E-state index in [1.807, 2.05) is 0 Å². The molecule has 0 radical (unpaired) electrons. The molecular formula is C23H18F6N4O2S. The molecule has 6 nitrogen and oxygen atoms in total. The number of thioether (sulfide) groups is 1. The third-order valence-corrected chi connectivity index (χ3v) is 6.28. The van der Waals surface area contributed by atoms with Gasteiger partial charge >= 0.3 is 12.4 Å². The molecule has 0 spiro atoms. The minimum absolute atomic E-state index is 0.0810. The number of nitrogens with two attached hydrogens (primary N) is 1. The molecule has 2 N–H and O–H groups in total. The number of rotatable bonds is 5. The lowest BCUT2D eigenvalue weighted by molar-refractivity contribution is -0.143. The molecule has 1 aromatic heterocycles. The van der Waals surface area contributed by atoms with Gasteiger partial charge in [0.15, 0.2) is 0 Å². The van der Waals surface area contributed by atoms with Crippen LogP contribution in [0, 0.1) is 0 Å². The van der Waals surface area contributed by atoms with Crippen molar-refractivity contribution in [1.82, 2.24) is 14.7 Å². The predicted molar refractivity (Wildman–Crippen MR) is 122 cm³/mol. The minimum atomic E-state index is -4.99. The van der Waals surface area contributed by atoms with Gasteiger partial charge in [-0.2, -0.15) is 31.4 Å². The highest BCUT2D eigenvalue weighted by atomic mass is 32.2. The second kappa shape index (κ2) is 9.28. The van der Waals surface area contributed by atoms with Gasteiger partial charge in [0.05, 0.1) is 34.3 Å². The van der Waals surface area contributed by atoms with Gasteiger partial charge in [0.2, 0.25) is 0 Å². The van der Waals surface area contributed by atoms with Crippen LogP contribution in [0.2, 0.25) is 0 Å². The number of nitrogens with zero attached hydrogens (tertiary/aromatic N) is 3. The first-order chi connectivity index (χ1) is 16.7. The highest BCUT2D eigenvalue weighted by Gasteiger charge is 2.38. The van der Waals surface area contributed by atoms with Crippen LogP contribution in [0.1, 0.15) is 29.2 Å². The second-order valence-corrected chi connectivity index (χ2v) is 9.25. The zero-order chi connectivity index (χ0) is 26.4. The molecule has 0 saturated carbocycles. The van der Waals surface area contributed by atoms with Gasteiger partial charge in [0, 0.05) is 18.0 Å². The molecule has 3 aromatic rings. The summed E-state index contributed by atoms with van der Waals surface area (Å²) in [5, 5.41) is 4.18. The van der Waals surface area contributed by atoms with Crippen molar-refractivity contribution in [2.45, 2.75) is 31.9 Å². The van der Waals surface area contributed by atoms with E-state index in [4.69, 9.17) is 5.73 Å². The third kappa shape index (κ3) is 5.26. The molecule has 0 bridgehead atoms. The lowest BCUT2D eigenvalue weighted by Crippen LogP contribution is -2.38. The molecule has 2 heterocycles. The van der Waals surface area contributed by atoms with Crippen molar-refractivity contribution < 1.29 is 35.9 Å². The largest absolute Gasteiger partial charge is 0.416 e. The maximum absolute atomic E-state index is 13.5. The van der Waals surface area contributed by atoms with Gasteiger partial charge < -0.3 is 5.73 Å². The Morgan fingerprint density at radius 1 is 1.06 bits per heavy atom. The number of amides is 2. The van der Waals surface area contributed by atoms with Gasteiger partial charge in [-0.1, -0.05) is 12.1 Å². The number of carbonyl (C=O) groups excluding carboxylic acids is 2. The van der Waals surface area contributed by atoms with Crippen LogP contribution in [0.15, 0.2) is 47.5 Å².